The summed E-state index contributed by atoms with van der Waals surface area (Å²) < 4.78 is 0. The molecule has 0 atom stereocenters. The second-order valence-electron chi connectivity index (χ2n) is 4.76. The van der Waals surface area contributed by atoms with E-state index in [-0.39, 0.29) is 0 Å². The third-order valence-corrected chi connectivity index (χ3v) is 2.97. The molecule has 0 aromatic carbocycles. The van der Waals surface area contributed by atoms with Crippen molar-refractivity contribution in [3.63, 3.8) is 0 Å². The van der Waals surface area contributed by atoms with Gasteiger partial charge in [0.05, 0.1) is 0 Å². The lowest BCUT2D eigenvalue weighted by Gasteiger charge is -2.06. The van der Waals surface area contributed by atoms with E-state index >= 15 is 0 Å². The van der Waals surface area contributed by atoms with Crippen LogP contribution in [-0.4, -0.2) is 38.9 Å². The van der Waals surface area contributed by atoms with Crippen LogP contribution in [0.25, 0.3) is 0 Å². The summed E-state index contributed by atoms with van der Waals surface area (Å²) in [5, 5.41) is 13.8. The number of nitrogens with two attached hydrogens (primary N) is 1. The zero-order valence-electron chi connectivity index (χ0n) is 11.8. The molecule has 0 aliphatic rings. The number of rotatable bonds is 15. The van der Waals surface area contributed by atoms with Gasteiger partial charge in [-0.15, -0.1) is 0 Å². The van der Waals surface area contributed by atoms with E-state index in [0.29, 0.717) is 0 Å². The molecule has 0 aromatic rings. The quantitative estimate of drug-likeness (QED) is 0.267. The normalized spacial score (nSPS) is 10.7. The highest BCUT2D eigenvalue weighted by molar-refractivity contribution is 5.52. The Morgan fingerprint density at radius 3 is 1.72 bits per heavy atom. The smallest absolute Gasteiger partial charge is 0.00477 e. The van der Waals surface area contributed by atoms with Crippen LogP contribution in [0, 0.1) is 5.41 Å². The molecular formula is C14H32N4. The molecule has 0 heterocycles. The van der Waals surface area contributed by atoms with Gasteiger partial charge in [0.15, 0.2) is 0 Å². The van der Waals surface area contributed by atoms with Gasteiger partial charge < -0.3 is 21.8 Å². The second-order valence-corrected chi connectivity index (χ2v) is 4.76. The van der Waals surface area contributed by atoms with Crippen molar-refractivity contribution < 1.29 is 0 Å². The number of unbranched alkanes of at least 4 members (excludes halogenated alkanes) is 5. The molecule has 4 heteroatoms. The summed E-state index contributed by atoms with van der Waals surface area (Å²) in [7, 11) is 0. The Morgan fingerprint density at radius 1 is 0.722 bits per heavy atom. The van der Waals surface area contributed by atoms with Crippen molar-refractivity contribution in [1.82, 2.24) is 10.6 Å². The molecule has 0 bridgehead atoms. The lowest BCUT2D eigenvalue weighted by molar-refractivity contribution is 0.554. The van der Waals surface area contributed by atoms with E-state index in [2.05, 4.69) is 10.6 Å². The molecule has 4 nitrogen and oxygen atoms in total. The lowest BCUT2D eigenvalue weighted by atomic mass is 10.2. The Labute approximate surface area is 113 Å². The van der Waals surface area contributed by atoms with Gasteiger partial charge >= 0.3 is 0 Å². The third-order valence-electron chi connectivity index (χ3n) is 2.97. The van der Waals surface area contributed by atoms with Gasteiger partial charge in [0.2, 0.25) is 0 Å². The van der Waals surface area contributed by atoms with Crippen LogP contribution in [0.3, 0.4) is 0 Å². The summed E-state index contributed by atoms with van der Waals surface area (Å²) in [5.74, 6) is 0. The van der Waals surface area contributed by atoms with Gasteiger partial charge in [-0.05, 0) is 83.9 Å². The monoisotopic (exact) mass is 256 g/mol. The zero-order chi connectivity index (χ0) is 13.3. The molecule has 108 valence electrons. The van der Waals surface area contributed by atoms with Crippen LogP contribution in [0.1, 0.15) is 51.4 Å². The minimum absolute atomic E-state index is 0.825. The number of hydrogen-bond acceptors (Lipinski definition) is 4. The SMILES string of the molecule is N=CCCCCNCCCCNCCCCCN. The first kappa shape index (κ1) is 17.6. The lowest BCUT2D eigenvalue weighted by Crippen LogP contribution is -2.20. The molecule has 5 N–H and O–H groups in total. The molecule has 0 spiro atoms. The molecule has 0 fully saturated rings. The fourth-order valence-corrected chi connectivity index (χ4v) is 1.82. The largest absolute Gasteiger partial charge is 0.330 e. The molecule has 0 unspecified atom stereocenters. The highest BCUT2D eigenvalue weighted by atomic mass is 14.9. The topological polar surface area (TPSA) is 73.9 Å². The van der Waals surface area contributed by atoms with E-state index in [9.17, 15) is 0 Å². The van der Waals surface area contributed by atoms with Crippen LogP contribution in [0.15, 0.2) is 0 Å². The van der Waals surface area contributed by atoms with E-state index in [1.807, 2.05) is 0 Å². The summed E-state index contributed by atoms with van der Waals surface area (Å²) in [4.78, 5) is 0. The van der Waals surface area contributed by atoms with Crippen LogP contribution in [0.5, 0.6) is 0 Å². The van der Waals surface area contributed by atoms with E-state index < -0.39 is 0 Å². The van der Waals surface area contributed by atoms with E-state index in [4.69, 9.17) is 11.1 Å². The van der Waals surface area contributed by atoms with Gasteiger partial charge in [0.25, 0.3) is 0 Å². The van der Waals surface area contributed by atoms with Crippen molar-refractivity contribution in [3.8, 4) is 0 Å². The summed E-state index contributed by atoms with van der Waals surface area (Å²) in [6.07, 6.45) is 10.9. The Hall–Kier alpha value is -0.450. The first-order valence-corrected chi connectivity index (χ1v) is 7.52. The predicted octanol–water partition coefficient (Wildman–Crippen LogP) is 1.89. The maximum atomic E-state index is 6.91. The summed E-state index contributed by atoms with van der Waals surface area (Å²) >= 11 is 0. The minimum Gasteiger partial charge on any atom is -0.330 e. The average Bonchev–Trinajstić information content (AvgIpc) is 2.39. The van der Waals surface area contributed by atoms with Crippen molar-refractivity contribution in [1.29, 1.82) is 5.41 Å². The second kappa shape index (κ2) is 16.6. The number of nitrogens with one attached hydrogen (secondary N) is 3. The Bertz CT molecular complexity index is 162. The molecule has 0 aromatic heterocycles. The summed E-state index contributed by atoms with van der Waals surface area (Å²) in [6.45, 7) is 5.32. The molecule has 0 aliphatic heterocycles. The molecule has 0 saturated heterocycles. The zero-order valence-corrected chi connectivity index (χ0v) is 11.8. The van der Waals surface area contributed by atoms with Gasteiger partial charge in [0, 0.05) is 0 Å². The molecule has 18 heavy (non-hydrogen) atoms. The van der Waals surface area contributed by atoms with Crippen molar-refractivity contribution >= 4 is 6.21 Å². The van der Waals surface area contributed by atoms with Crippen LogP contribution in [-0.2, 0) is 0 Å². The van der Waals surface area contributed by atoms with Crippen LogP contribution in [0.2, 0.25) is 0 Å². The number of hydrogen-bond donors (Lipinski definition) is 4. The van der Waals surface area contributed by atoms with Gasteiger partial charge in [-0.1, -0.05) is 6.42 Å². The summed E-state index contributed by atoms with van der Waals surface area (Å²) in [6, 6.07) is 0. The highest BCUT2D eigenvalue weighted by Gasteiger charge is 1.91. The fourth-order valence-electron chi connectivity index (χ4n) is 1.82. The van der Waals surface area contributed by atoms with Crippen LogP contribution in [0.4, 0.5) is 0 Å². The molecule has 0 aliphatic carbocycles. The molecular weight excluding hydrogens is 224 g/mol. The highest BCUT2D eigenvalue weighted by Crippen LogP contribution is 1.92. The Balaban J connectivity index is 2.88. The molecule has 0 radical (unpaired) electrons. The van der Waals surface area contributed by atoms with Crippen molar-refractivity contribution in [2.75, 3.05) is 32.7 Å². The molecule has 0 amide bonds. The first-order chi connectivity index (χ1) is 8.91. The standard InChI is InChI=1S/C14H32N4/c15-9-3-1-5-11-17-13-7-8-14-18-12-6-2-4-10-16/h9,15,17-18H,1-8,10-14,16H2. The fraction of sp³-hybridized carbons (Fsp3) is 0.929. The maximum Gasteiger partial charge on any atom is -0.00477 e. The van der Waals surface area contributed by atoms with Crippen molar-refractivity contribution in [2.24, 2.45) is 5.73 Å². The molecule has 0 saturated carbocycles. The summed E-state index contributed by atoms with van der Waals surface area (Å²) in [5.41, 5.74) is 5.44. The van der Waals surface area contributed by atoms with Crippen molar-refractivity contribution in [2.45, 2.75) is 51.4 Å². The van der Waals surface area contributed by atoms with E-state index in [1.165, 1.54) is 38.3 Å². The Morgan fingerprint density at radius 2 is 1.22 bits per heavy atom. The van der Waals surface area contributed by atoms with Gasteiger partial charge in [-0.25, -0.2) is 0 Å². The van der Waals surface area contributed by atoms with Crippen LogP contribution < -0.4 is 16.4 Å². The Kier molecular flexibility index (Phi) is 16.1. The third kappa shape index (κ3) is 15.6. The van der Waals surface area contributed by atoms with Gasteiger partial charge in [-0.3, -0.25) is 0 Å². The van der Waals surface area contributed by atoms with E-state index in [1.54, 1.807) is 0 Å². The first-order valence-electron chi connectivity index (χ1n) is 7.52. The van der Waals surface area contributed by atoms with Gasteiger partial charge in [0.1, 0.15) is 0 Å². The van der Waals surface area contributed by atoms with E-state index in [0.717, 1.165) is 52.0 Å². The molecule has 0 rings (SSSR count). The average molecular weight is 256 g/mol. The maximum absolute atomic E-state index is 6.91. The van der Waals surface area contributed by atoms with Crippen LogP contribution >= 0.6 is 0 Å². The van der Waals surface area contributed by atoms with Gasteiger partial charge in [-0.2, -0.15) is 0 Å². The van der Waals surface area contributed by atoms with Crippen molar-refractivity contribution in [3.05, 3.63) is 0 Å². The predicted molar refractivity (Wildman–Crippen MR) is 80.5 cm³/mol. The minimum atomic E-state index is 0.825.